The third-order valence-electron chi connectivity index (χ3n) is 4.32. The summed E-state index contributed by atoms with van der Waals surface area (Å²) in [4.78, 5) is 11.8. The average Bonchev–Trinajstić information content (AvgIpc) is 3.07. The molecular weight excluding hydrogens is 222 g/mol. The van der Waals surface area contributed by atoms with Crippen molar-refractivity contribution < 1.29 is 0 Å². The fraction of sp³-hybridized carbons (Fsp3) is 0.733. The van der Waals surface area contributed by atoms with Crippen LogP contribution in [0.1, 0.15) is 57.0 Å². The van der Waals surface area contributed by atoms with E-state index in [1.807, 2.05) is 0 Å². The van der Waals surface area contributed by atoms with Crippen molar-refractivity contribution in [2.24, 2.45) is 5.41 Å². The predicted octanol–water partition coefficient (Wildman–Crippen LogP) is 3.29. The highest BCUT2D eigenvalue weighted by Gasteiger charge is 2.45. The summed E-state index contributed by atoms with van der Waals surface area (Å²) in [6.07, 6.45) is 5.58. The molecule has 0 radical (unpaired) electrons. The van der Waals surface area contributed by atoms with Crippen molar-refractivity contribution in [2.45, 2.75) is 52.4 Å². The van der Waals surface area contributed by atoms with Gasteiger partial charge >= 0.3 is 0 Å². The molecule has 98 valence electrons. The molecule has 1 aromatic heterocycles. The molecule has 3 heteroatoms. The van der Waals surface area contributed by atoms with Gasteiger partial charge in [0.05, 0.1) is 0 Å². The van der Waals surface area contributed by atoms with E-state index >= 15 is 0 Å². The summed E-state index contributed by atoms with van der Waals surface area (Å²) in [5.41, 5.74) is 1.74. The number of anilines is 1. The molecule has 0 atom stereocenters. The Balaban J connectivity index is 1.86. The Morgan fingerprint density at radius 3 is 2.67 bits per heavy atom. The lowest BCUT2D eigenvalue weighted by atomic mass is 9.95. The number of rotatable bonds is 2. The van der Waals surface area contributed by atoms with E-state index in [-0.39, 0.29) is 0 Å². The molecule has 2 heterocycles. The molecule has 18 heavy (non-hydrogen) atoms. The van der Waals surface area contributed by atoms with Crippen LogP contribution in [-0.2, 0) is 0 Å². The fourth-order valence-electron chi connectivity index (χ4n) is 2.98. The number of piperidine rings is 1. The normalized spacial score (nSPS) is 21.7. The number of aromatic nitrogens is 2. The molecule has 0 bridgehead atoms. The highest BCUT2D eigenvalue weighted by Crippen LogP contribution is 2.52. The molecule has 2 aliphatic rings. The number of aryl methyl sites for hydroxylation is 1. The van der Waals surface area contributed by atoms with E-state index in [0.29, 0.717) is 11.3 Å². The first-order chi connectivity index (χ1) is 8.58. The van der Waals surface area contributed by atoms with Gasteiger partial charge in [-0.25, -0.2) is 9.97 Å². The zero-order chi connectivity index (χ0) is 12.8. The van der Waals surface area contributed by atoms with E-state index in [4.69, 9.17) is 4.98 Å². The van der Waals surface area contributed by atoms with Crippen LogP contribution in [-0.4, -0.2) is 23.1 Å². The van der Waals surface area contributed by atoms with Crippen LogP contribution in [0, 0.1) is 12.3 Å². The molecule has 2 fully saturated rings. The number of hydrogen-bond donors (Lipinski definition) is 0. The maximum Gasteiger partial charge on any atom is 0.133 e. The van der Waals surface area contributed by atoms with Crippen LogP contribution in [0.2, 0.25) is 0 Å². The number of hydrogen-bond acceptors (Lipinski definition) is 3. The summed E-state index contributed by atoms with van der Waals surface area (Å²) in [5.74, 6) is 2.54. The second kappa shape index (κ2) is 4.22. The Kier molecular flexibility index (Phi) is 2.80. The van der Waals surface area contributed by atoms with Crippen molar-refractivity contribution >= 4 is 5.82 Å². The molecule has 1 aliphatic heterocycles. The molecule has 0 unspecified atom stereocenters. The van der Waals surface area contributed by atoms with Crippen LogP contribution < -0.4 is 4.90 Å². The van der Waals surface area contributed by atoms with Gasteiger partial charge in [0.25, 0.3) is 0 Å². The van der Waals surface area contributed by atoms with E-state index in [1.165, 1.54) is 32.2 Å². The molecule has 0 aromatic carbocycles. The summed E-state index contributed by atoms with van der Waals surface area (Å²) < 4.78 is 0. The second-order valence-electron chi connectivity index (χ2n) is 6.41. The van der Waals surface area contributed by atoms with Gasteiger partial charge in [0.15, 0.2) is 0 Å². The summed E-state index contributed by atoms with van der Waals surface area (Å²) >= 11 is 0. The molecular formula is C15H23N3. The van der Waals surface area contributed by atoms with Crippen molar-refractivity contribution in [3.63, 3.8) is 0 Å². The first-order valence-corrected chi connectivity index (χ1v) is 7.19. The van der Waals surface area contributed by atoms with Gasteiger partial charge in [-0.15, -0.1) is 0 Å². The van der Waals surface area contributed by atoms with Gasteiger partial charge in [-0.05, 0) is 38.0 Å². The van der Waals surface area contributed by atoms with E-state index < -0.39 is 0 Å². The van der Waals surface area contributed by atoms with Crippen LogP contribution in [0.5, 0.6) is 0 Å². The Hall–Kier alpha value is -1.12. The van der Waals surface area contributed by atoms with E-state index in [0.717, 1.165) is 23.9 Å². The van der Waals surface area contributed by atoms with Crippen LogP contribution >= 0.6 is 0 Å². The van der Waals surface area contributed by atoms with Gasteiger partial charge in [0, 0.05) is 30.8 Å². The zero-order valence-electron chi connectivity index (χ0n) is 11.7. The van der Waals surface area contributed by atoms with E-state index in [2.05, 4.69) is 36.7 Å². The van der Waals surface area contributed by atoms with Crippen molar-refractivity contribution in [1.29, 1.82) is 0 Å². The minimum Gasteiger partial charge on any atom is -0.356 e. The SMILES string of the molecule is Cc1cc(N2CCCC3(CC3)C2)nc(C(C)C)n1. The standard InChI is InChI=1S/C15H23N3/c1-11(2)14-16-12(3)9-13(17-14)18-8-4-5-15(10-18)6-7-15/h9,11H,4-8,10H2,1-3H3. The lowest BCUT2D eigenvalue weighted by Crippen LogP contribution is -2.37. The summed E-state index contributed by atoms with van der Waals surface area (Å²) in [7, 11) is 0. The average molecular weight is 245 g/mol. The van der Waals surface area contributed by atoms with Crippen LogP contribution in [0.15, 0.2) is 6.07 Å². The molecule has 3 rings (SSSR count). The van der Waals surface area contributed by atoms with E-state index in [1.54, 1.807) is 0 Å². The van der Waals surface area contributed by atoms with Gasteiger partial charge in [-0.1, -0.05) is 13.8 Å². The summed E-state index contributed by atoms with van der Waals surface area (Å²) in [6.45, 7) is 8.78. The zero-order valence-corrected chi connectivity index (χ0v) is 11.7. The molecule has 0 amide bonds. The lowest BCUT2D eigenvalue weighted by Gasteiger charge is -2.34. The predicted molar refractivity (Wildman–Crippen MR) is 74.0 cm³/mol. The van der Waals surface area contributed by atoms with Crippen molar-refractivity contribution in [3.8, 4) is 0 Å². The van der Waals surface area contributed by atoms with Crippen LogP contribution in [0.4, 0.5) is 5.82 Å². The minimum atomic E-state index is 0.406. The second-order valence-corrected chi connectivity index (χ2v) is 6.41. The van der Waals surface area contributed by atoms with Crippen LogP contribution in [0.3, 0.4) is 0 Å². The molecule has 1 spiro atoms. The monoisotopic (exact) mass is 245 g/mol. The first kappa shape index (κ1) is 11.9. The molecule has 0 N–H and O–H groups in total. The van der Waals surface area contributed by atoms with Gasteiger partial charge in [0.2, 0.25) is 0 Å². The Morgan fingerprint density at radius 2 is 2.00 bits per heavy atom. The highest BCUT2D eigenvalue weighted by atomic mass is 15.2. The molecule has 1 saturated heterocycles. The smallest absolute Gasteiger partial charge is 0.133 e. The largest absolute Gasteiger partial charge is 0.356 e. The lowest BCUT2D eigenvalue weighted by molar-refractivity contribution is 0.393. The first-order valence-electron chi connectivity index (χ1n) is 7.19. The van der Waals surface area contributed by atoms with E-state index in [9.17, 15) is 0 Å². The highest BCUT2D eigenvalue weighted by molar-refractivity contribution is 5.41. The summed E-state index contributed by atoms with van der Waals surface area (Å²) in [6, 6.07) is 2.15. The third-order valence-corrected chi connectivity index (χ3v) is 4.32. The Morgan fingerprint density at radius 1 is 1.22 bits per heavy atom. The molecule has 3 nitrogen and oxygen atoms in total. The fourth-order valence-corrected chi connectivity index (χ4v) is 2.98. The van der Waals surface area contributed by atoms with Gasteiger partial charge in [-0.2, -0.15) is 0 Å². The van der Waals surface area contributed by atoms with Gasteiger partial charge in [0.1, 0.15) is 11.6 Å². The minimum absolute atomic E-state index is 0.406. The van der Waals surface area contributed by atoms with Crippen molar-refractivity contribution in [3.05, 3.63) is 17.6 Å². The molecule has 1 aliphatic carbocycles. The number of nitrogens with zero attached hydrogens (tertiary/aromatic N) is 3. The van der Waals surface area contributed by atoms with Crippen molar-refractivity contribution in [1.82, 2.24) is 9.97 Å². The molecule has 1 saturated carbocycles. The van der Waals surface area contributed by atoms with Crippen molar-refractivity contribution in [2.75, 3.05) is 18.0 Å². The molecule has 1 aromatic rings. The topological polar surface area (TPSA) is 29.0 Å². The van der Waals surface area contributed by atoms with Gasteiger partial charge in [-0.3, -0.25) is 0 Å². The maximum absolute atomic E-state index is 4.76. The Labute approximate surface area is 110 Å². The Bertz CT molecular complexity index is 449. The van der Waals surface area contributed by atoms with Gasteiger partial charge < -0.3 is 4.90 Å². The maximum atomic E-state index is 4.76. The van der Waals surface area contributed by atoms with Crippen LogP contribution in [0.25, 0.3) is 0 Å². The third kappa shape index (κ3) is 2.23. The quantitative estimate of drug-likeness (QED) is 0.800. The summed E-state index contributed by atoms with van der Waals surface area (Å²) in [5, 5.41) is 0.